The average Bonchev–Trinajstić information content (AvgIpc) is 2.98. The second-order valence-corrected chi connectivity index (χ2v) is 6.40. The lowest BCUT2D eigenvalue weighted by atomic mass is 9.95. The molecule has 0 aliphatic rings. The molecule has 0 aliphatic heterocycles. The van der Waals surface area contributed by atoms with Gasteiger partial charge in [-0.05, 0) is 65.9 Å². The van der Waals surface area contributed by atoms with Crippen LogP contribution in [0.4, 0.5) is 0 Å². The minimum Gasteiger partial charge on any atom is -0.496 e. The second kappa shape index (κ2) is 6.69. The minimum absolute atomic E-state index is 0.387. The Hall–Kier alpha value is -3.05. The molecule has 5 heteroatoms. The first-order valence-corrected chi connectivity index (χ1v) is 8.26. The molecule has 0 spiro atoms. The number of carbonyl (C=O) groups excluding carboxylic acids is 1. The third kappa shape index (κ3) is 2.86. The number of aryl methyl sites for hydroxylation is 2. The fraction of sp³-hybridized carbons (Fsp3) is 0.190. The van der Waals surface area contributed by atoms with E-state index in [0.29, 0.717) is 5.69 Å². The molecule has 0 saturated carbocycles. The normalized spacial score (nSPS) is 10.8. The van der Waals surface area contributed by atoms with Crippen molar-refractivity contribution in [2.45, 2.75) is 13.8 Å². The summed E-state index contributed by atoms with van der Waals surface area (Å²) in [4.78, 5) is 11.8. The zero-order valence-electron chi connectivity index (χ0n) is 15.4. The highest BCUT2D eigenvalue weighted by molar-refractivity contribution is 5.99. The summed E-state index contributed by atoms with van der Waals surface area (Å²) in [6.07, 6.45) is 0. The van der Waals surface area contributed by atoms with Crippen molar-refractivity contribution in [3.8, 4) is 5.75 Å². The SMILES string of the molecule is C=C(c1cc(C)c(C)c(OC)c1)c1ccc2c(c1)cc(C(=O)NO)n2C. The van der Waals surface area contributed by atoms with Crippen molar-refractivity contribution in [1.82, 2.24) is 10.0 Å². The van der Waals surface area contributed by atoms with Crippen molar-refractivity contribution in [1.29, 1.82) is 0 Å². The van der Waals surface area contributed by atoms with Crippen LogP contribution < -0.4 is 10.2 Å². The molecule has 0 aliphatic carbocycles. The number of hydrogen-bond acceptors (Lipinski definition) is 3. The molecule has 1 heterocycles. The summed E-state index contributed by atoms with van der Waals surface area (Å²) < 4.78 is 7.21. The number of nitrogens with one attached hydrogen (secondary N) is 1. The quantitative estimate of drug-likeness (QED) is 0.552. The lowest BCUT2D eigenvalue weighted by Crippen LogP contribution is -2.21. The van der Waals surface area contributed by atoms with Crippen LogP contribution in [-0.2, 0) is 7.05 Å². The van der Waals surface area contributed by atoms with E-state index < -0.39 is 5.91 Å². The van der Waals surface area contributed by atoms with E-state index in [1.165, 1.54) is 0 Å². The first-order chi connectivity index (χ1) is 12.4. The van der Waals surface area contributed by atoms with E-state index in [1.54, 1.807) is 30.3 Å². The highest BCUT2D eigenvalue weighted by Gasteiger charge is 2.14. The first-order valence-electron chi connectivity index (χ1n) is 8.26. The Bertz CT molecular complexity index is 1030. The smallest absolute Gasteiger partial charge is 0.291 e. The highest BCUT2D eigenvalue weighted by atomic mass is 16.5. The van der Waals surface area contributed by atoms with Gasteiger partial charge in [0.15, 0.2) is 0 Å². The van der Waals surface area contributed by atoms with Crippen LogP contribution in [0.15, 0.2) is 43.0 Å². The third-order valence-electron chi connectivity index (χ3n) is 4.91. The van der Waals surface area contributed by atoms with Crippen LogP contribution in [-0.4, -0.2) is 22.8 Å². The molecular formula is C21H22N2O3. The molecule has 0 saturated heterocycles. The van der Waals surface area contributed by atoms with Gasteiger partial charge in [-0.1, -0.05) is 18.7 Å². The van der Waals surface area contributed by atoms with Gasteiger partial charge in [-0.2, -0.15) is 0 Å². The van der Waals surface area contributed by atoms with Gasteiger partial charge in [0.05, 0.1) is 7.11 Å². The molecular weight excluding hydrogens is 328 g/mol. The van der Waals surface area contributed by atoms with Crippen LogP contribution in [0.25, 0.3) is 16.5 Å². The standard InChI is InChI=1S/C21H22N2O3/c1-12-8-16(11-20(26-5)13(12)2)14(3)15-6-7-18-17(9-15)10-19(23(18)4)21(24)22-25/h6-11,25H,3H2,1-2,4-5H3,(H,22,24). The number of amides is 1. The zero-order chi connectivity index (χ0) is 19.0. The molecule has 0 radical (unpaired) electrons. The molecule has 1 aromatic heterocycles. The number of carbonyl (C=O) groups is 1. The molecule has 134 valence electrons. The van der Waals surface area contributed by atoms with Crippen molar-refractivity contribution in [3.05, 3.63) is 70.9 Å². The molecule has 3 rings (SSSR count). The molecule has 0 fully saturated rings. The maximum atomic E-state index is 11.8. The van der Waals surface area contributed by atoms with Gasteiger partial charge in [0, 0.05) is 18.0 Å². The molecule has 0 unspecified atom stereocenters. The van der Waals surface area contributed by atoms with Gasteiger partial charge in [0.2, 0.25) is 0 Å². The molecule has 0 bridgehead atoms. The first kappa shape index (κ1) is 17.8. The van der Waals surface area contributed by atoms with E-state index in [2.05, 4.69) is 19.6 Å². The van der Waals surface area contributed by atoms with Crippen LogP contribution in [0.2, 0.25) is 0 Å². The van der Waals surface area contributed by atoms with Crippen molar-refractivity contribution < 1.29 is 14.7 Å². The fourth-order valence-electron chi connectivity index (χ4n) is 3.19. The number of rotatable bonds is 4. The lowest BCUT2D eigenvalue weighted by Gasteiger charge is -2.13. The summed E-state index contributed by atoms with van der Waals surface area (Å²) in [5, 5.41) is 9.79. The van der Waals surface area contributed by atoms with Gasteiger partial charge in [0.1, 0.15) is 11.4 Å². The van der Waals surface area contributed by atoms with Crippen LogP contribution in [0.1, 0.15) is 32.7 Å². The Kier molecular flexibility index (Phi) is 4.57. The van der Waals surface area contributed by atoms with E-state index >= 15 is 0 Å². The largest absolute Gasteiger partial charge is 0.496 e. The van der Waals surface area contributed by atoms with Crippen molar-refractivity contribution in [3.63, 3.8) is 0 Å². The number of methoxy groups -OCH3 is 1. The Morgan fingerprint density at radius 2 is 1.88 bits per heavy atom. The van der Waals surface area contributed by atoms with Crippen LogP contribution >= 0.6 is 0 Å². The summed E-state index contributed by atoms with van der Waals surface area (Å²) >= 11 is 0. The molecule has 2 N–H and O–H groups in total. The van der Waals surface area contributed by atoms with E-state index in [4.69, 9.17) is 9.94 Å². The van der Waals surface area contributed by atoms with E-state index in [-0.39, 0.29) is 0 Å². The molecule has 2 aromatic carbocycles. The Labute approximate surface area is 152 Å². The van der Waals surface area contributed by atoms with E-state index in [9.17, 15) is 4.79 Å². The highest BCUT2D eigenvalue weighted by Crippen LogP contribution is 2.31. The fourth-order valence-corrected chi connectivity index (χ4v) is 3.19. The topological polar surface area (TPSA) is 63.5 Å². The molecule has 3 aromatic rings. The summed E-state index contributed by atoms with van der Waals surface area (Å²) in [7, 11) is 3.45. The molecule has 26 heavy (non-hydrogen) atoms. The number of ether oxygens (including phenoxy) is 1. The van der Waals surface area contributed by atoms with Gasteiger partial charge in [-0.3, -0.25) is 10.0 Å². The molecule has 0 atom stereocenters. The van der Waals surface area contributed by atoms with Gasteiger partial charge >= 0.3 is 0 Å². The summed E-state index contributed by atoms with van der Waals surface area (Å²) in [6, 6.07) is 11.8. The second-order valence-electron chi connectivity index (χ2n) is 6.40. The minimum atomic E-state index is -0.539. The van der Waals surface area contributed by atoms with Gasteiger partial charge in [0.25, 0.3) is 5.91 Å². The number of nitrogens with zero attached hydrogens (tertiary/aromatic N) is 1. The molecule has 1 amide bonds. The average molecular weight is 350 g/mol. The van der Waals surface area contributed by atoms with Crippen LogP contribution in [0.5, 0.6) is 5.75 Å². The van der Waals surface area contributed by atoms with Gasteiger partial charge in [-0.25, -0.2) is 5.48 Å². The monoisotopic (exact) mass is 350 g/mol. The Morgan fingerprint density at radius 1 is 1.15 bits per heavy atom. The predicted octanol–water partition coefficient (Wildman–Crippen LogP) is 3.98. The zero-order valence-corrected chi connectivity index (χ0v) is 15.4. The summed E-state index contributed by atoms with van der Waals surface area (Å²) in [6.45, 7) is 8.33. The van der Waals surface area contributed by atoms with Crippen molar-refractivity contribution in [2.24, 2.45) is 7.05 Å². The van der Waals surface area contributed by atoms with Gasteiger partial charge in [-0.15, -0.1) is 0 Å². The predicted molar refractivity (Wildman–Crippen MR) is 103 cm³/mol. The van der Waals surface area contributed by atoms with Crippen molar-refractivity contribution in [2.75, 3.05) is 7.11 Å². The number of fused-ring (bicyclic) bond motifs is 1. The number of hydroxylamine groups is 1. The summed E-state index contributed by atoms with van der Waals surface area (Å²) in [5.41, 5.74) is 8.06. The van der Waals surface area contributed by atoms with E-state index in [1.807, 2.05) is 31.2 Å². The lowest BCUT2D eigenvalue weighted by molar-refractivity contribution is 0.0697. The number of aromatic nitrogens is 1. The third-order valence-corrected chi connectivity index (χ3v) is 4.91. The Balaban J connectivity index is 2.07. The molecule has 5 nitrogen and oxygen atoms in total. The Morgan fingerprint density at radius 3 is 2.54 bits per heavy atom. The maximum absolute atomic E-state index is 11.8. The summed E-state index contributed by atoms with van der Waals surface area (Å²) in [5.74, 6) is 0.298. The van der Waals surface area contributed by atoms with Crippen molar-refractivity contribution >= 4 is 22.4 Å². The number of benzene rings is 2. The van der Waals surface area contributed by atoms with Crippen LogP contribution in [0, 0.1) is 13.8 Å². The maximum Gasteiger partial charge on any atom is 0.291 e. The number of hydrogen-bond donors (Lipinski definition) is 2. The van der Waals surface area contributed by atoms with Crippen LogP contribution in [0.3, 0.4) is 0 Å². The van der Waals surface area contributed by atoms with E-state index in [0.717, 1.165) is 44.5 Å². The van der Waals surface area contributed by atoms with Gasteiger partial charge < -0.3 is 9.30 Å².